The van der Waals surface area contributed by atoms with Crippen molar-refractivity contribution in [3.63, 3.8) is 0 Å². The maximum atomic E-state index is 11.2. The van der Waals surface area contributed by atoms with Gasteiger partial charge in [0, 0.05) is 29.8 Å². The van der Waals surface area contributed by atoms with Gasteiger partial charge in [-0.05, 0) is 33.6 Å². The van der Waals surface area contributed by atoms with Gasteiger partial charge in [-0.3, -0.25) is 9.69 Å². The minimum atomic E-state index is 0.0938. The Morgan fingerprint density at radius 1 is 1.50 bits per heavy atom. The highest BCUT2D eigenvalue weighted by molar-refractivity contribution is 9.10. The van der Waals surface area contributed by atoms with Crippen LogP contribution in [0.25, 0.3) is 0 Å². The van der Waals surface area contributed by atoms with Gasteiger partial charge >= 0.3 is 0 Å². The Morgan fingerprint density at radius 2 is 2.31 bits per heavy atom. The van der Waals surface area contributed by atoms with Gasteiger partial charge in [0.15, 0.2) is 0 Å². The molecule has 0 aromatic heterocycles. The molecule has 0 aliphatic carbocycles. The van der Waals surface area contributed by atoms with Crippen LogP contribution in [0.15, 0.2) is 22.7 Å². The Bertz CT molecular complexity index is 408. The second-order valence-electron chi connectivity index (χ2n) is 3.92. The molecule has 0 bridgehead atoms. The summed E-state index contributed by atoms with van der Waals surface area (Å²) in [5.74, 6) is 0.0938. The Kier molecular flexibility index (Phi) is 3.46. The highest BCUT2D eigenvalue weighted by Crippen LogP contribution is 2.21. The average molecular weight is 284 g/mol. The molecule has 0 spiro atoms. The Labute approximate surface area is 103 Å². The van der Waals surface area contributed by atoms with Crippen LogP contribution in [0.1, 0.15) is 5.56 Å². The van der Waals surface area contributed by atoms with E-state index in [1.165, 1.54) is 0 Å². The zero-order valence-electron chi connectivity index (χ0n) is 8.87. The molecule has 0 unspecified atom stereocenters. The van der Waals surface area contributed by atoms with E-state index < -0.39 is 0 Å². The molecule has 0 saturated carbocycles. The van der Waals surface area contributed by atoms with Gasteiger partial charge in [-0.1, -0.05) is 6.07 Å². The van der Waals surface area contributed by atoms with Gasteiger partial charge in [-0.15, -0.1) is 0 Å². The highest BCUT2D eigenvalue weighted by atomic mass is 79.9. The zero-order valence-corrected chi connectivity index (χ0v) is 10.5. The molecule has 5 heteroatoms. The normalized spacial score (nSPS) is 17.2. The molecule has 86 valence electrons. The fourth-order valence-corrected chi connectivity index (χ4v) is 2.02. The van der Waals surface area contributed by atoms with Crippen LogP contribution < -0.4 is 11.1 Å². The number of nitrogens with zero attached hydrogens (tertiary/aromatic N) is 1. The van der Waals surface area contributed by atoms with Crippen molar-refractivity contribution in [3.05, 3.63) is 28.2 Å². The number of nitrogens with one attached hydrogen (secondary N) is 1. The molecular formula is C11H14BrN3O. The van der Waals surface area contributed by atoms with E-state index in [0.29, 0.717) is 6.54 Å². The van der Waals surface area contributed by atoms with Crippen LogP contribution in [0.3, 0.4) is 0 Å². The number of carbonyl (C=O) groups is 1. The van der Waals surface area contributed by atoms with Crippen molar-refractivity contribution in [2.45, 2.75) is 6.54 Å². The van der Waals surface area contributed by atoms with E-state index >= 15 is 0 Å². The number of piperazine rings is 1. The van der Waals surface area contributed by atoms with Gasteiger partial charge in [-0.2, -0.15) is 0 Å². The Morgan fingerprint density at radius 3 is 3.00 bits per heavy atom. The van der Waals surface area contributed by atoms with Gasteiger partial charge in [0.05, 0.1) is 6.54 Å². The predicted molar refractivity (Wildman–Crippen MR) is 66.8 cm³/mol. The van der Waals surface area contributed by atoms with Crippen LogP contribution in [0.4, 0.5) is 5.69 Å². The number of benzene rings is 1. The molecule has 0 atom stereocenters. The smallest absolute Gasteiger partial charge is 0.234 e. The van der Waals surface area contributed by atoms with Crippen LogP contribution in [0, 0.1) is 0 Å². The average Bonchev–Trinajstić information content (AvgIpc) is 2.24. The van der Waals surface area contributed by atoms with E-state index in [2.05, 4.69) is 26.1 Å². The quantitative estimate of drug-likeness (QED) is 0.795. The minimum Gasteiger partial charge on any atom is -0.398 e. The van der Waals surface area contributed by atoms with Crippen LogP contribution in [-0.2, 0) is 11.3 Å². The second kappa shape index (κ2) is 4.84. The number of hydrogen-bond acceptors (Lipinski definition) is 3. The van der Waals surface area contributed by atoms with Crippen LogP contribution >= 0.6 is 15.9 Å². The Hall–Kier alpha value is -1.07. The number of nitrogens with two attached hydrogens (primary N) is 1. The largest absolute Gasteiger partial charge is 0.398 e. The van der Waals surface area contributed by atoms with E-state index in [0.717, 1.165) is 35.4 Å². The third-order valence-electron chi connectivity index (χ3n) is 2.58. The molecule has 3 N–H and O–H groups in total. The standard InChI is InChI=1S/C11H14BrN3O/c12-9-2-1-8(5-10(9)13)6-15-4-3-14-11(16)7-15/h1-2,5H,3-4,6-7,13H2,(H,14,16). The lowest BCUT2D eigenvalue weighted by atomic mass is 10.2. The van der Waals surface area contributed by atoms with Crippen molar-refractivity contribution in [1.82, 2.24) is 10.2 Å². The molecule has 1 saturated heterocycles. The van der Waals surface area contributed by atoms with E-state index in [9.17, 15) is 4.79 Å². The number of nitrogen functional groups attached to an aromatic ring is 1. The molecule has 0 radical (unpaired) electrons. The third kappa shape index (κ3) is 2.74. The number of hydrogen-bond donors (Lipinski definition) is 2. The van der Waals surface area contributed by atoms with Crippen molar-refractivity contribution >= 4 is 27.5 Å². The number of anilines is 1. The van der Waals surface area contributed by atoms with E-state index in [1.54, 1.807) is 0 Å². The lowest BCUT2D eigenvalue weighted by Gasteiger charge is -2.26. The summed E-state index contributed by atoms with van der Waals surface area (Å²) in [6.45, 7) is 2.85. The predicted octanol–water partition coefficient (Wildman–Crippen LogP) is 0.963. The lowest BCUT2D eigenvalue weighted by molar-refractivity contribution is -0.124. The highest BCUT2D eigenvalue weighted by Gasteiger charge is 2.15. The van der Waals surface area contributed by atoms with Crippen molar-refractivity contribution in [2.75, 3.05) is 25.4 Å². The summed E-state index contributed by atoms with van der Waals surface area (Å²) in [4.78, 5) is 13.3. The SMILES string of the molecule is Nc1cc(CN2CCNC(=O)C2)ccc1Br. The first-order valence-corrected chi connectivity index (χ1v) is 5.97. The van der Waals surface area contributed by atoms with Crippen LogP contribution in [-0.4, -0.2) is 30.4 Å². The summed E-state index contributed by atoms with van der Waals surface area (Å²) < 4.78 is 0.910. The summed E-state index contributed by atoms with van der Waals surface area (Å²) in [6, 6.07) is 5.90. The van der Waals surface area contributed by atoms with E-state index in [1.807, 2.05) is 18.2 Å². The monoisotopic (exact) mass is 283 g/mol. The van der Waals surface area contributed by atoms with E-state index in [4.69, 9.17) is 5.73 Å². The van der Waals surface area contributed by atoms with Crippen molar-refractivity contribution in [2.24, 2.45) is 0 Å². The summed E-state index contributed by atoms with van der Waals surface area (Å²) in [6.07, 6.45) is 0. The molecule has 4 nitrogen and oxygen atoms in total. The zero-order chi connectivity index (χ0) is 11.5. The number of rotatable bonds is 2. The lowest BCUT2D eigenvalue weighted by Crippen LogP contribution is -2.47. The van der Waals surface area contributed by atoms with Gasteiger partial charge in [0.1, 0.15) is 0 Å². The van der Waals surface area contributed by atoms with Gasteiger partial charge in [-0.25, -0.2) is 0 Å². The number of amides is 1. The fourth-order valence-electron chi connectivity index (χ4n) is 1.78. The molecule has 1 aliphatic rings. The summed E-state index contributed by atoms with van der Waals surface area (Å²) in [7, 11) is 0. The van der Waals surface area contributed by atoms with Crippen molar-refractivity contribution in [1.29, 1.82) is 0 Å². The summed E-state index contributed by atoms with van der Waals surface area (Å²) in [5.41, 5.74) is 7.68. The third-order valence-corrected chi connectivity index (χ3v) is 3.31. The molecule has 1 fully saturated rings. The van der Waals surface area contributed by atoms with Crippen LogP contribution in [0.2, 0.25) is 0 Å². The number of halogens is 1. The maximum absolute atomic E-state index is 11.2. The molecule has 16 heavy (non-hydrogen) atoms. The van der Waals surface area contributed by atoms with Crippen LogP contribution in [0.5, 0.6) is 0 Å². The van der Waals surface area contributed by atoms with Gasteiger partial charge < -0.3 is 11.1 Å². The summed E-state index contributed by atoms with van der Waals surface area (Å²) >= 11 is 3.36. The molecule has 1 aliphatic heterocycles. The summed E-state index contributed by atoms with van der Waals surface area (Å²) in [5, 5.41) is 2.81. The molecule has 1 heterocycles. The molecule has 1 aromatic carbocycles. The fraction of sp³-hybridized carbons (Fsp3) is 0.364. The molecular weight excluding hydrogens is 270 g/mol. The Balaban J connectivity index is 2.03. The molecule has 1 aromatic rings. The number of carbonyl (C=O) groups excluding carboxylic acids is 1. The van der Waals surface area contributed by atoms with Crippen molar-refractivity contribution < 1.29 is 4.79 Å². The molecule has 1 amide bonds. The first kappa shape index (κ1) is 11.4. The van der Waals surface area contributed by atoms with Gasteiger partial charge in [0.25, 0.3) is 0 Å². The topological polar surface area (TPSA) is 58.4 Å². The maximum Gasteiger partial charge on any atom is 0.234 e. The van der Waals surface area contributed by atoms with Gasteiger partial charge in [0.2, 0.25) is 5.91 Å². The van der Waals surface area contributed by atoms with Crippen molar-refractivity contribution in [3.8, 4) is 0 Å². The minimum absolute atomic E-state index is 0.0938. The first-order chi connectivity index (χ1) is 7.65. The second-order valence-corrected chi connectivity index (χ2v) is 4.77. The first-order valence-electron chi connectivity index (χ1n) is 5.18. The van der Waals surface area contributed by atoms with E-state index in [-0.39, 0.29) is 5.91 Å². The molecule has 2 rings (SSSR count).